The maximum atomic E-state index is 5.72. The number of likely N-dealkylation sites (tertiary alicyclic amines) is 1. The molecule has 7 nitrogen and oxygen atoms in total. The fourth-order valence-electron chi connectivity index (χ4n) is 3.51. The first-order valence-corrected chi connectivity index (χ1v) is 10.1. The predicted octanol–water partition coefficient (Wildman–Crippen LogP) is 3.58. The molecule has 0 aliphatic carbocycles. The molecular weight excluding hydrogens is 481 g/mol. The zero-order valence-corrected chi connectivity index (χ0v) is 19.6. The number of aliphatic imine (C=N–C) groups is 1. The Morgan fingerprint density at radius 3 is 2.79 bits per heavy atom. The lowest BCUT2D eigenvalue weighted by molar-refractivity contribution is 0.146. The van der Waals surface area contributed by atoms with Crippen LogP contribution in [0.25, 0.3) is 0 Å². The summed E-state index contributed by atoms with van der Waals surface area (Å²) in [5.41, 5.74) is 1.10. The Hall–Kier alpha value is -1.81. The Morgan fingerprint density at radius 1 is 1.28 bits per heavy atom. The Kier molecular flexibility index (Phi) is 10.3. The van der Waals surface area contributed by atoms with Crippen molar-refractivity contribution in [3.8, 4) is 5.88 Å². The molecule has 1 aliphatic rings. The predicted molar refractivity (Wildman–Crippen MR) is 126 cm³/mol. The fourth-order valence-corrected chi connectivity index (χ4v) is 3.51. The molecule has 8 heteroatoms. The molecule has 1 aliphatic heterocycles. The molecule has 3 rings (SSSR count). The minimum Gasteiger partial charge on any atom is -0.478 e. The van der Waals surface area contributed by atoms with Crippen molar-refractivity contribution < 1.29 is 9.15 Å². The van der Waals surface area contributed by atoms with Gasteiger partial charge in [-0.15, -0.1) is 24.0 Å². The zero-order chi connectivity index (χ0) is 19.6. The molecule has 29 heavy (non-hydrogen) atoms. The molecule has 1 saturated heterocycles. The summed E-state index contributed by atoms with van der Waals surface area (Å²) in [5, 5.41) is 6.82. The molecule has 0 amide bonds. The maximum absolute atomic E-state index is 5.72. The Labute approximate surface area is 190 Å². The van der Waals surface area contributed by atoms with E-state index >= 15 is 0 Å². The molecule has 0 bridgehead atoms. The van der Waals surface area contributed by atoms with Gasteiger partial charge in [-0.2, -0.15) is 0 Å². The summed E-state index contributed by atoms with van der Waals surface area (Å²) in [6, 6.07) is 8.15. The first-order chi connectivity index (χ1) is 13.8. The highest BCUT2D eigenvalue weighted by molar-refractivity contribution is 14.0. The third-order valence-corrected chi connectivity index (χ3v) is 4.94. The number of hydrogen-bond donors (Lipinski definition) is 2. The highest BCUT2D eigenvalue weighted by Crippen LogP contribution is 2.24. The summed E-state index contributed by atoms with van der Waals surface area (Å²) in [5.74, 6) is 2.41. The number of hydrogen-bond acceptors (Lipinski definition) is 5. The van der Waals surface area contributed by atoms with Gasteiger partial charge in [-0.1, -0.05) is 6.42 Å². The molecule has 0 radical (unpaired) electrons. The number of furan rings is 1. The second-order valence-corrected chi connectivity index (χ2v) is 6.87. The Bertz CT molecular complexity index is 732. The Balaban J connectivity index is 0.00000300. The first-order valence-electron chi connectivity index (χ1n) is 10.1. The van der Waals surface area contributed by atoms with E-state index in [0.29, 0.717) is 19.0 Å². The van der Waals surface area contributed by atoms with Crippen LogP contribution in [0.1, 0.15) is 43.6 Å². The number of aromatic nitrogens is 1. The maximum Gasteiger partial charge on any atom is 0.213 e. The van der Waals surface area contributed by atoms with E-state index in [4.69, 9.17) is 9.15 Å². The normalized spacial score (nSPS) is 16.0. The molecule has 2 N–H and O–H groups in total. The van der Waals surface area contributed by atoms with E-state index < -0.39 is 0 Å². The van der Waals surface area contributed by atoms with E-state index in [2.05, 4.69) is 31.6 Å². The second kappa shape index (κ2) is 12.7. The molecule has 1 atom stereocenters. The van der Waals surface area contributed by atoms with Crippen LogP contribution in [0, 0.1) is 0 Å². The van der Waals surface area contributed by atoms with Crippen molar-refractivity contribution in [1.82, 2.24) is 20.5 Å². The molecule has 2 aromatic rings. The lowest BCUT2D eigenvalue weighted by Crippen LogP contribution is -2.44. The van der Waals surface area contributed by atoms with Crippen molar-refractivity contribution in [1.29, 1.82) is 0 Å². The van der Waals surface area contributed by atoms with Gasteiger partial charge in [0.05, 0.1) is 18.9 Å². The molecule has 3 heterocycles. The van der Waals surface area contributed by atoms with E-state index in [1.165, 1.54) is 19.3 Å². The number of rotatable bonds is 8. The smallest absolute Gasteiger partial charge is 0.213 e. The highest BCUT2D eigenvalue weighted by Gasteiger charge is 2.24. The van der Waals surface area contributed by atoms with Crippen LogP contribution in [0.2, 0.25) is 0 Å². The number of halogens is 1. The topological polar surface area (TPSA) is 74.9 Å². The fraction of sp³-hybridized carbons (Fsp3) is 0.524. The minimum absolute atomic E-state index is 0. The van der Waals surface area contributed by atoms with Crippen LogP contribution >= 0.6 is 24.0 Å². The highest BCUT2D eigenvalue weighted by atomic mass is 127. The number of ether oxygens (including phenoxy) is 1. The van der Waals surface area contributed by atoms with Crippen molar-refractivity contribution in [2.24, 2.45) is 4.99 Å². The lowest BCUT2D eigenvalue weighted by Gasteiger charge is -2.33. The van der Waals surface area contributed by atoms with Crippen LogP contribution in [0.15, 0.2) is 46.1 Å². The molecule has 0 aromatic carbocycles. The molecular formula is C21H32IN5O2. The van der Waals surface area contributed by atoms with E-state index in [1.807, 2.05) is 25.1 Å². The van der Waals surface area contributed by atoms with E-state index in [9.17, 15) is 0 Å². The van der Waals surface area contributed by atoms with Gasteiger partial charge < -0.3 is 19.8 Å². The average Bonchev–Trinajstić information content (AvgIpc) is 3.26. The summed E-state index contributed by atoms with van der Waals surface area (Å²) < 4.78 is 11.2. The van der Waals surface area contributed by atoms with Gasteiger partial charge in [-0.05, 0) is 56.6 Å². The van der Waals surface area contributed by atoms with E-state index in [1.54, 1.807) is 19.5 Å². The van der Waals surface area contributed by atoms with Gasteiger partial charge in [0, 0.05) is 32.4 Å². The van der Waals surface area contributed by atoms with Gasteiger partial charge in [0.1, 0.15) is 5.76 Å². The first kappa shape index (κ1) is 23.5. The van der Waals surface area contributed by atoms with Gasteiger partial charge in [0.25, 0.3) is 0 Å². The van der Waals surface area contributed by atoms with E-state index in [-0.39, 0.29) is 30.0 Å². The summed E-state index contributed by atoms with van der Waals surface area (Å²) in [7, 11) is 1.79. The zero-order valence-electron chi connectivity index (χ0n) is 17.3. The lowest BCUT2D eigenvalue weighted by atomic mass is 10.1. The van der Waals surface area contributed by atoms with E-state index in [0.717, 1.165) is 36.9 Å². The standard InChI is InChI=1S/C21H31N5O2.HI/c1-3-27-20-14-17(9-10-23-20)15-24-21(22-2)25-16-18(19-8-7-13-28-19)26-11-5-4-6-12-26;/h7-10,13-14,18H,3-6,11-12,15-16H2,1-2H3,(H2,22,24,25);1H. The largest absolute Gasteiger partial charge is 0.478 e. The third-order valence-electron chi connectivity index (χ3n) is 4.94. The molecule has 0 saturated carbocycles. The van der Waals surface area contributed by atoms with Crippen LogP contribution < -0.4 is 15.4 Å². The minimum atomic E-state index is 0. The summed E-state index contributed by atoms with van der Waals surface area (Å²) in [4.78, 5) is 11.1. The van der Waals surface area contributed by atoms with Crippen molar-refractivity contribution in [2.75, 3.05) is 33.3 Å². The van der Waals surface area contributed by atoms with Crippen molar-refractivity contribution in [2.45, 2.75) is 38.8 Å². The third kappa shape index (κ3) is 7.18. The van der Waals surface area contributed by atoms with Gasteiger partial charge in [-0.3, -0.25) is 9.89 Å². The molecule has 2 aromatic heterocycles. The number of guanidine groups is 1. The Morgan fingerprint density at radius 2 is 2.10 bits per heavy atom. The van der Waals surface area contributed by atoms with Crippen LogP contribution in [0.5, 0.6) is 5.88 Å². The summed E-state index contributed by atoms with van der Waals surface area (Å²) in [6.45, 7) is 6.17. The summed E-state index contributed by atoms with van der Waals surface area (Å²) in [6.07, 6.45) is 7.32. The number of piperidine rings is 1. The monoisotopic (exact) mass is 513 g/mol. The van der Waals surface area contributed by atoms with Gasteiger partial charge in [0.2, 0.25) is 5.88 Å². The SMILES string of the molecule is CCOc1cc(CNC(=NC)NCC(c2ccco2)N2CCCCC2)ccn1.I. The van der Waals surface area contributed by atoms with Gasteiger partial charge in [-0.25, -0.2) is 4.98 Å². The van der Waals surface area contributed by atoms with Crippen LogP contribution in [-0.4, -0.2) is 49.1 Å². The quantitative estimate of drug-likeness (QED) is 0.320. The number of nitrogens with one attached hydrogen (secondary N) is 2. The van der Waals surface area contributed by atoms with Crippen LogP contribution in [-0.2, 0) is 6.54 Å². The van der Waals surface area contributed by atoms with Gasteiger partial charge in [0.15, 0.2) is 5.96 Å². The summed E-state index contributed by atoms with van der Waals surface area (Å²) >= 11 is 0. The van der Waals surface area contributed by atoms with Crippen molar-refractivity contribution in [3.63, 3.8) is 0 Å². The second-order valence-electron chi connectivity index (χ2n) is 6.87. The van der Waals surface area contributed by atoms with Crippen molar-refractivity contribution in [3.05, 3.63) is 48.0 Å². The van der Waals surface area contributed by atoms with Gasteiger partial charge >= 0.3 is 0 Å². The van der Waals surface area contributed by atoms with Crippen LogP contribution in [0.3, 0.4) is 0 Å². The van der Waals surface area contributed by atoms with Crippen molar-refractivity contribution >= 4 is 29.9 Å². The molecule has 1 fully saturated rings. The number of pyridine rings is 1. The molecule has 0 spiro atoms. The van der Waals surface area contributed by atoms with Crippen LogP contribution in [0.4, 0.5) is 0 Å². The molecule has 160 valence electrons. The number of nitrogens with zero attached hydrogens (tertiary/aromatic N) is 3. The molecule has 1 unspecified atom stereocenters. The average molecular weight is 513 g/mol.